The van der Waals surface area contributed by atoms with E-state index in [9.17, 15) is 0 Å². The van der Waals surface area contributed by atoms with Gasteiger partial charge in [-0.1, -0.05) is 112 Å². The molecule has 0 saturated heterocycles. The molecule has 3 rings (SSSR count). The van der Waals surface area contributed by atoms with Crippen LogP contribution in [0.5, 0.6) is 0 Å². The Morgan fingerprint density at radius 1 is 0.639 bits per heavy atom. The summed E-state index contributed by atoms with van der Waals surface area (Å²) >= 11 is 26.8. The van der Waals surface area contributed by atoms with Gasteiger partial charge in [0.2, 0.25) is 0 Å². The van der Waals surface area contributed by atoms with Crippen molar-refractivity contribution in [3.05, 3.63) is 96.6 Å². The first kappa shape index (κ1) is 29.5. The lowest BCUT2D eigenvalue weighted by Gasteiger charge is -2.43. The predicted molar refractivity (Wildman–Crippen MR) is 158 cm³/mol. The molecule has 0 amide bonds. The van der Waals surface area contributed by atoms with E-state index in [4.69, 9.17) is 55.6 Å². The lowest BCUT2D eigenvalue weighted by atomic mass is 10.2. The molecule has 0 fully saturated rings. The van der Waals surface area contributed by atoms with E-state index in [0.717, 1.165) is 5.56 Å². The highest BCUT2D eigenvalue weighted by Gasteiger charge is 2.50. The van der Waals surface area contributed by atoms with Gasteiger partial charge < -0.3 is 9.16 Å². The third kappa shape index (κ3) is 7.29. The lowest BCUT2D eigenvalue weighted by molar-refractivity contribution is 0.119. The number of alkyl halides is 4. The van der Waals surface area contributed by atoms with Crippen molar-refractivity contribution in [3.63, 3.8) is 0 Å². The number of rotatable bonds is 12. The Labute approximate surface area is 237 Å². The van der Waals surface area contributed by atoms with Gasteiger partial charge in [0.05, 0.1) is 41.3 Å². The fourth-order valence-corrected chi connectivity index (χ4v) is 10.2. The molecule has 0 aromatic heterocycles. The van der Waals surface area contributed by atoms with Crippen molar-refractivity contribution < 1.29 is 9.16 Å². The highest BCUT2D eigenvalue weighted by atomic mass is 35.5. The van der Waals surface area contributed by atoms with Gasteiger partial charge >= 0.3 is 0 Å². The fraction of sp³-hybridized carbons (Fsp3) is 0.379. The predicted octanol–water partition coefficient (Wildman–Crippen LogP) is 7.21. The summed E-state index contributed by atoms with van der Waals surface area (Å²) in [6.45, 7) is 7.66. The Kier molecular flexibility index (Phi) is 11.2. The van der Waals surface area contributed by atoms with E-state index in [1.54, 1.807) is 0 Å². The molecule has 0 aliphatic carbocycles. The Hall–Kier alpha value is -1.04. The van der Waals surface area contributed by atoms with Crippen LogP contribution in [0, 0.1) is 0 Å². The molecule has 0 spiro atoms. The van der Waals surface area contributed by atoms with E-state index >= 15 is 0 Å². The van der Waals surface area contributed by atoms with E-state index < -0.39 is 29.8 Å². The molecule has 0 heterocycles. The van der Waals surface area contributed by atoms with Gasteiger partial charge in [-0.2, -0.15) is 0 Å². The number of halogens is 4. The van der Waals surface area contributed by atoms with Gasteiger partial charge in [-0.15, -0.1) is 46.4 Å². The zero-order valence-corrected chi connectivity index (χ0v) is 24.9. The molecule has 0 aliphatic heterocycles. The van der Waals surface area contributed by atoms with Crippen molar-refractivity contribution >= 4 is 65.1 Å². The molecule has 0 N–H and O–H groups in total. The second-order valence-electron chi connectivity index (χ2n) is 9.90. The Balaban J connectivity index is 1.71. The average Bonchev–Trinajstić information content (AvgIpc) is 2.89. The number of ether oxygens (including phenoxy) is 1. The van der Waals surface area contributed by atoms with Gasteiger partial charge in [0.25, 0.3) is 8.32 Å². The molecule has 0 bridgehead atoms. The molecule has 194 valence electrons. The molecule has 0 aliphatic rings. The first-order valence-corrected chi connectivity index (χ1v) is 15.7. The van der Waals surface area contributed by atoms with Crippen LogP contribution < -0.4 is 10.4 Å². The van der Waals surface area contributed by atoms with Crippen LogP contribution in [0.15, 0.2) is 91.0 Å². The summed E-state index contributed by atoms with van der Waals surface area (Å²) < 4.78 is 12.7. The fourth-order valence-electron chi connectivity index (χ4n) is 4.41. The second-order valence-corrected chi connectivity index (χ2v) is 16.3. The second kappa shape index (κ2) is 13.7. The van der Waals surface area contributed by atoms with Crippen LogP contribution in [0.4, 0.5) is 0 Å². The Morgan fingerprint density at radius 3 is 1.50 bits per heavy atom. The van der Waals surface area contributed by atoms with Crippen molar-refractivity contribution in [3.8, 4) is 0 Å². The summed E-state index contributed by atoms with van der Waals surface area (Å²) in [7, 11) is -2.72. The van der Waals surface area contributed by atoms with Gasteiger partial charge in [0, 0.05) is 0 Å². The normalized spacial score (nSPS) is 15.8. The highest BCUT2D eigenvalue weighted by molar-refractivity contribution is 6.99. The minimum atomic E-state index is -2.72. The Morgan fingerprint density at radius 2 is 1.06 bits per heavy atom. The minimum Gasteiger partial charge on any atom is -0.406 e. The molecule has 3 aromatic carbocycles. The number of benzene rings is 3. The van der Waals surface area contributed by atoms with Gasteiger partial charge in [0.15, 0.2) is 0 Å². The third-order valence-electron chi connectivity index (χ3n) is 6.26. The summed E-state index contributed by atoms with van der Waals surface area (Å²) in [4.78, 5) is 0. The van der Waals surface area contributed by atoms with E-state index in [-0.39, 0.29) is 18.3 Å². The van der Waals surface area contributed by atoms with Crippen LogP contribution in [0.25, 0.3) is 0 Å². The molecule has 7 heteroatoms. The molecule has 0 radical (unpaired) electrons. The summed E-state index contributed by atoms with van der Waals surface area (Å²) in [5.74, 6) is 0. The molecule has 3 aromatic rings. The van der Waals surface area contributed by atoms with E-state index in [0.29, 0.717) is 6.61 Å². The van der Waals surface area contributed by atoms with Gasteiger partial charge in [-0.3, -0.25) is 0 Å². The number of hydrogen-bond acceptors (Lipinski definition) is 2. The van der Waals surface area contributed by atoms with E-state index in [2.05, 4.69) is 69.3 Å². The number of hydrogen-bond donors (Lipinski definition) is 0. The monoisotopic (exact) mass is 582 g/mol. The topological polar surface area (TPSA) is 18.5 Å². The quantitative estimate of drug-likeness (QED) is 0.166. The summed E-state index contributed by atoms with van der Waals surface area (Å²) in [5, 5.41) is -0.00683. The molecular formula is C29H34Cl4O2Si. The Bertz CT molecular complexity index is 992. The van der Waals surface area contributed by atoms with Crippen molar-refractivity contribution in [1.82, 2.24) is 0 Å². The van der Waals surface area contributed by atoms with Crippen molar-refractivity contribution in [2.24, 2.45) is 0 Å². The van der Waals surface area contributed by atoms with E-state index in [1.165, 1.54) is 10.4 Å². The maximum absolute atomic E-state index is 6.91. The van der Waals surface area contributed by atoms with Crippen LogP contribution in [0.2, 0.25) is 5.04 Å². The molecule has 2 nitrogen and oxygen atoms in total. The highest BCUT2D eigenvalue weighted by Crippen LogP contribution is 2.37. The maximum Gasteiger partial charge on any atom is 0.261 e. The zero-order chi connectivity index (χ0) is 26.2. The molecular weight excluding hydrogens is 550 g/mol. The van der Waals surface area contributed by atoms with E-state index in [1.807, 2.05) is 42.5 Å². The third-order valence-corrected chi connectivity index (χ3v) is 13.6. The first-order chi connectivity index (χ1) is 17.2. The van der Waals surface area contributed by atoms with Gasteiger partial charge in [-0.25, -0.2) is 0 Å². The standard InChI is InChI=1S/C29H34Cl4O2Si/c1-29(2,3)36(23-15-9-5-10-16-23,24-17-11-6-12-18-24)35-21-26(31)28(33)27(32)25(30)20-34-19-22-13-7-4-8-14-22/h4-18,25-28H,19-21H2,1-3H3/t25-,26+,27+,28-/m1/s1. The molecule has 0 saturated carbocycles. The van der Waals surface area contributed by atoms with Crippen LogP contribution in [0.1, 0.15) is 26.3 Å². The molecule has 4 atom stereocenters. The summed E-state index contributed by atoms with van der Waals surface area (Å²) in [5.41, 5.74) is 1.07. The minimum absolute atomic E-state index is 0.158. The smallest absolute Gasteiger partial charge is 0.261 e. The van der Waals surface area contributed by atoms with Crippen molar-refractivity contribution in [2.45, 2.75) is 53.9 Å². The van der Waals surface area contributed by atoms with Crippen molar-refractivity contribution in [2.75, 3.05) is 13.2 Å². The van der Waals surface area contributed by atoms with Gasteiger partial charge in [0.1, 0.15) is 0 Å². The zero-order valence-electron chi connectivity index (χ0n) is 20.9. The largest absolute Gasteiger partial charge is 0.406 e. The summed E-state index contributed by atoms with van der Waals surface area (Å²) in [6.07, 6.45) is 0. The first-order valence-electron chi connectivity index (χ1n) is 12.1. The molecule has 36 heavy (non-hydrogen) atoms. The van der Waals surface area contributed by atoms with Crippen LogP contribution >= 0.6 is 46.4 Å². The van der Waals surface area contributed by atoms with Crippen molar-refractivity contribution in [1.29, 1.82) is 0 Å². The van der Waals surface area contributed by atoms with Crippen LogP contribution in [-0.2, 0) is 15.8 Å². The SMILES string of the molecule is CC(C)(C)[Si](OC[C@H](Cl)[C@@H](Cl)[C@@H](Cl)[C@H](Cl)COCc1ccccc1)(c1ccccc1)c1ccccc1. The maximum atomic E-state index is 6.91. The molecule has 0 unspecified atom stereocenters. The lowest BCUT2D eigenvalue weighted by Crippen LogP contribution is -2.67. The average molecular weight is 584 g/mol. The van der Waals surface area contributed by atoms with Crippen LogP contribution in [-0.4, -0.2) is 43.0 Å². The summed E-state index contributed by atoms with van der Waals surface area (Å²) in [6, 6.07) is 30.8. The van der Waals surface area contributed by atoms with Gasteiger partial charge in [-0.05, 0) is 21.0 Å². The van der Waals surface area contributed by atoms with Crippen LogP contribution in [0.3, 0.4) is 0 Å².